The van der Waals surface area contributed by atoms with E-state index in [2.05, 4.69) is 52.3 Å². The normalized spacial score (nSPS) is 20.1. The van der Waals surface area contributed by atoms with Crippen molar-refractivity contribution in [2.45, 2.75) is 12.1 Å². The highest BCUT2D eigenvalue weighted by molar-refractivity contribution is 6.03. The Balaban J connectivity index is 1.57. The fourth-order valence-corrected chi connectivity index (χ4v) is 4.98. The van der Waals surface area contributed by atoms with Gasteiger partial charge < -0.3 is 9.47 Å². The standard InChI is InChI=1S/C27H30N2O3/c30-27(24-11-10-21-6-4-5-9-23(21)20-24)26(29-14-18-32-19-15-29)25(22-7-2-1-3-8-22)28-12-16-31-17-13-28/h1-11,20,25-26H,12-19H2/t25-,26+/m1/s1. The number of carbonyl (C=O) groups is 1. The third kappa shape index (κ3) is 4.48. The molecule has 0 N–H and O–H groups in total. The molecule has 32 heavy (non-hydrogen) atoms. The number of nitrogens with zero attached hydrogens (tertiary/aromatic N) is 2. The average molecular weight is 431 g/mol. The van der Waals surface area contributed by atoms with E-state index in [-0.39, 0.29) is 17.9 Å². The Kier molecular flexibility index (Phi) is 6.60. The molecule has 2 heterocycles. The minimum atomic E-state index is -0.277. The summed E-state index contributed by atoms with van der Waals surface area (Å²) in [5.74, 6) is 0.179. The van der Waals surface area contributed by atoms with E-state index in [0.717, 1.165) is 42.5 Å². The summed E-state index contributed by atoms with van der Waals surface area (Å²) < 4.78 is 11.3. The summed E-state index contributed by atoms with van der Waals surface area (Å²) >= 11 is 0. The molecule has 0 unspecified atom stereocenters. The lowest BCUT2D eigenvalue weighted by molar-refractivity contribution is -0.0301. The number of ether oxygens (including phenoxy) is 2. The van der Waals surface area contributed by atoms with E-state index < -0.39 is 0 Å². The van der Waals surface area contributed by atoms with Gasteiger partial charge >= 0.3 is 0 Å². The first-order chi connectivity index (χ1) is 15.8. The van der Waals surface area contributed by atoms with Crippen molar-refractivity contribution in [1.82, 2.24) is 9.80 Å². The number of hydrogen-bond donors (Lipinski definition) is 0. The summed E-state index contributed by atoms with van der Waals surface area (Å²) in [5.41, 5.74) is 1.95. The van der Waals surface area contributed by atoms with Crippen LogP contribution in [0.1, 0.15) is 22.0 Å². The molecule has 0 radical (unpaired) electrons. The molecule has 5 rings (SSSR count). The quantitative estimate of drug-likeness (QED) is 0.557. The molecule has 0 bridgehead atoms. The van der Waals surface area contributed by atoms with Crippen LogP contribution in [0, 0.1) is 0 Å². The van der Waals surface area contributed by atoms with Crippen LogP contribution in [0.5, 0.6) is 0 Å². The minimum absolute atomic E-state index is 0.0304. The molecule has 3 aromatic carbocycles. The second-order valence-electron chi connectivity index (χ2n) is 8.52. The van der Waals surface area contributed by atoms with Gasteiger partial charge in [0.05, 0.1) is 38.5 Å². The molecule has 2 aliphatic rings. The molecule has 0 aliphatic carbocycles. The maximum absolute atomic E-state index is 14.2. The number of ketones is 1. The lowest BCUT2D eigenvalue weighted by Gasteiger charge is -2.44. The molecule has 0 saturated carbocycles. The maximum atomic E-state index is 14.2. The molecule has 5 nitrogen and oxygen atoms in total. The van der Waals surface area contributed by atoms with E-state index in [9.17, 15) is 4.79 Å². The van der Waals surface area contributed by atoms with Crippen LogP contribution in [0.15, 0.2) is 72.8 Å². The van der Waals surface area contributed by atoms with Crippen LogP contribution in [0.25, 0.3) is 10.8 Å². The topological polar surface area (TPSA) is 42.0 Å². The van der Waals surface area contributed by atoms with E-state index in [1.807, 2.05) is 30.3 Å². The second kappa shape index (κ2) is 9.92. The van der Waals surface area contributed by atoms with Crippen LogP contribution in [-0.2, 0) is 9.47 Å². The van der Waals surface area contributed by atoms with Crippen molar-refractivity contribution in [3.63, 3.8) is 0 Å². The lowest BCUT2D eigenvalue weighted by atomic mass is 9.89. The van der Waals surface area contributed by atoms with Gasteiger partial charge in [-0.2, -0.15) is 0 Å². The molecule has 5 heteroatoms. The molecule has 2 saturated heterocycles. The van der Waals surface area contributed by atoms with Crippen molar-refractivity contribution in [2.75, 3.05) is 52.6 Å². The molecule has 0 amide bonds. The van der Waals surface area contributed by atoms with Gasteiger partial charge in [0.1, 0.15) is 0 Å². The average Bonchev–Trinajstić information content (AvgIpc) is 2.88. The van der Waals surface area contributed by atoms with E-state index in [4.69, 9.17) is 9.47 Å². The maximum Gasteiger partial charge on any atom is 0.181 e. The van der Waals surface area contributed by atoms with Gasteiger partial charge in [-0.05, 0) is 22.4 Å². The van der Waals surface area contributed by atoms with Gasteiger partial charge in [-0.1, -0.05) is 66.7 Å². The van der Waals surface area contributed by atoms with Crippen LogP contribution >= 0.6 is 0 Å². The van der Waals surface area contributed by atoms with Crippen LogP contribution < -0.4 is 0 Å². The highest BCUT2D eigenvalue weighted by Gasteiger charge is 2.39. The van der Waals surface area contributed by atoms with E-state index in [1.54, 1.807) is 0 Å². The van der Waals surface area contributed by atoms with Gasteiger partial charge in [-0.15, -0.1) is 0 Å². The number of benzene rings is 3. The Hall–Kier alpha value is -2.57. The van der Waals surface area contributed by atoms with E-state index in [0.29, 0.717) is 26.4 Å². The van der Waals surface area contributed by atoms with Crippen molar-refractivity contribution in [1.29, 1.82) is 0 Å². The van der Waals surface area contributed by atoms with Crippen molar-refractivity contribution in [2.24, 2.45) is 0 Å². The highest BCUT2D eigenvalue weighted by Crippen LogP contribution is 2.32. The minimum Gasteiger partial charge on any atom is -0.379 e. The van der Waals surface area contributed by atoms with Gasteiger partial charge in [-0.3, -0.25) is 14.6 Å². The van der Waals surface area contributed by atoms with Crippen LogP contribution in [0.2, 0.25) is 0 Å². The van der Waals surface area contributed by atoms with Crippen molar-refractivity contribution < 1.29 is 14.3 Å². The first-order valence-electron chi connectivity index (χ1n) is 11.5. The summed E-state index contributed by atoms with van der Waals surface area (Å²) in [6.45, 7) is 5.89. The van der Waals surface area contributed by atoms with Gasteiger partial charge in [0.2, 0.25) is 0 Å². The lowest BCUT2D eigenvalue weighted by Crippen LogP contribution is -2.55. The van der Waals surface area contributed by atoms with Crippen molar-refractivity contribution in [3.8, 4) is 0 Å². The van der Waals surface area contributed by atoms with E-state index in [1.165, 1.54) is 5.56 Å². The predicted octanol–water partition coefficient (Wildman–Crippen LogP) is 3.80. The Morgan fingerprint density at radius 1 is 0.688 bits per heavy atom. The fraction of sp³-hybridized carbons (Fsp3) is 0.370. The van der Waals surface area contributed by atoms with Gasteiger partial charge in [0.15, 0.2) is 5.78 Å². The zero-order valence-electron chi connectivity index (χ0n) is 18.4. The third-order valence-electron chi connectivity index (χ3n) is 6.62. The molecule has 0 spiro atoms. The Labute approximate surface area is 189 Å². The zero-order chi connectivity index (χ0) is 21.8. The number of fused-ring (bicyclic) bond motifs is 1. The largest absolute Gasteiger partial charge is 0.379 e. The smallest absolute Gasteiger partial charge is 0.181 e. The molecule has 166 valence electrons. The predicted molar refractivity (Wildman–Crippen MR) is 126 cm³/mol. The second-order valence-corrected chi connectivity index (χ2v) is 8.52. The molecular weight excluding hydrogens is 400 g/mol. The van der Waals surface area contributed by atoms with Crippen LogP contribution in [-0.4, -0.2) is 74.2 Å². The monoisotopic (exact) mass is 430 g/mol. The number of hydrogen-bond acceptors (Lipinski definition) is 5. The fourth-order valence-electron chi connectivity index (χ4n) is 4.98. The molecule has 2 aliphatic heterocycles. The Morgan fingerprint density at radius 2 is 1.28 bits per heavy atom. The molecule has 3 aromatic rings. The van der Waals surface area contributed by atoms with Crippen molar-refractivity contribution >= 4 is 16.6 Å². The van der Waals surface area contributed by atoms with Crippen LogP contribution in [0.3, 0.4) is 0 Å². The summed E-state index contributed by atoms with van der Waals surface area (Å²) in [6, 6.07) is 24.5. The first kappa shape index (κ1) is 21.3. The third-order valence-corrected chi connectivity index (χ3v) is 6.62. The highest BCUT2D eigenvalue weighted by atomic mass is 16.5. The van der Waals surface area contributed by atoms with Gasteiger partial charge in [0.25, 0.3) is 0 Å². The molecular formula is C27H30N2O3. The molecule has 2 fully saturated rings. The summed E-state index contributed by atoms with van der Waals surface area (Å²) in [6.07, 6.45) is 0. The molecule has 0 aromatic heterocycles. The summed E-state index contributed by atoms with van der Waals surface area (Å²) in [4.78, 5) is 19.0. The van der Waals surface area contributed by atoms with Crippen molar-refractivity contribution in [3.05, 3.63) is 83.9 Å². The number of rotatable bonds is 6. The number of Topliss-reactive ketones (excluding diaryl/α,β-unsaturated/α-hetero) is 1. The molecule has 2 atom stereocenters. The van der Waals surface area contributed by atoms with Crippen LogP contribution in [0.4, 0.5) is 0 Å². The number of carbonyl (C=O) groups excluding carboxylic acids is 1. The van der Waals surface area contributed by atoms with E-state index >= 15 is 0 Å². The van der Waals surface area contributed by atoms with Gasteiger partial charge in [0, 0.05) is 31.7 Å². The van der Waals surface area contributed by atoms with Gasteiger partial charge in [-0.25, -0.2) is 0 Å². The zero-order valence-corrected chi connectivity index (χ0v) is 18.4. The SMILES string of the molecule is O=C(c1ccc2ccccc2c1)[C@H]([C@@H](c1ccccc1)N1CCOCC1)N1CCOCC1. The Bertz CT molecular complexity index is 1040. The summed E-state index contributed by atoms with van der Waals surface area (Å²) in [5, 5.41) is 2.25. The summed E-state index contributed by atoms with van der Waals surface area (Å²) in [7, 11) is 0. The first-order valence-corrected chi connectivity index (χ1v) is 11.5. The number of morpholine rings is 2. The Morgan fingerprint density at radius 3 is 1.97 bits per heavy atom.